The third-order valence-electron chi connectivity index (χ3n) is 5.18. The molecule has 0 aromatic rings. The molecule has 1 aliphatic carbocycles. The van der Waals surface area contributed by atoms with Gasteiger partial charge in [-0.1, -0.05) is 19.8 Å². The number of hydrogen-bond donors (Lipinski definition) is 1. The summed E-state index contributed by atoms with van der Waals surface area (Å²) >= 11 is 0. The van der Waals surface area contributed by atoms with Crippen LogP contribution in [-0.2, 0) is 9.47 Å². The SMILES string of the molecule is CNC(CCC1CCCO1)C1(OC)CCCC(C)C1. The molecular weight excluding hydrogens is 238 g/mol. The highest BCUT2D eigenvalue weighted by molar-refractivity contribution is 4.96. The van der Waals surface area contributed by atoms with E-state index in [9.17, 15) is 0 Å². The number of ether oxygens (including phenoxy) is 2. The molecule has 0 aromatic heterocycles. The summed E-state index contributed by atoms with van der Waals surface area (Å²) in [7, 11) is 3.98. The zero-order valence-corrected chi connectivity index (χ0v) is 12.9. The van der Waals surface area contributed by atoms with E-state index in [1.165, 1.54) is 51.4 Å². The lowest BCUT2D eigenvalue weighted by Gasteiger charge is -2.45. The molecule has 0 amide bonds. The maximum Gasteiger partial charge on any atom is 0.0833 e. The molecule has 1 aliphatic heterocycles. The maximum absolute atomic E-state index is 6.01. The number of methoxy groups -OCH3 is 1. The van der Waals surface area contributed by atoms with Gasteiger partial charge >= 0.3 is 0 Å². The molecule has 1 saturated carbocycles. The van der Waals surface area contributed by atoms with Crippen LogP contribution in [0.25, 0.3) is 0 Å². The lowest BCUT2D eigenvalue weighted by Crippen LogP contribution is -2.53. The minimum atomic E-state index is 0.0466. The van der Waals surface area contributed by atoms with E-state index in [2.05, 4.69) is 19.3 Å². The molecule has 3 nitrogen and oxygen atoms in total. The quantitative estimate of drug-likeness (QED) is 0.803. The van der Waals surface area contributed by atoms with Crippen LogP contribution >= 0.6 is 0 Å². The van der Waals surface area contributed by atoms with Crippen molar-refractivity contribution in [1.82, 2.24) is 5.32 Å². The summed E-state index contributed by atoms with van der Waals surface area (Å²) in [4.78, 5) is 0. The summed E-state index contributed by atoms with van der Waals surface area (Å²) in [5, 5.41) is 3.53. The van der Waals surface area contributed by atoms with Crippen molar-refractivity contribution in [2.45, 2.75) is 76.0 Å². The Morgan fingerprint density at radius 2 is 2.21 bits per heavy atom. The normalized spacial score (nSPS) is 37.4. The fourth-order valence-corrected chi connectivity index (χ4v) is 4.08. The molecule has 2 aliphatic rings. The Morgan fingerprint density at radius 3 is 2.79 bits per heavy atom. The Hall–Kier alpha value is -0.120. The van der Waals surface area contributed by atoms with Gasteiger partial charge in [-0.3, -0.25) is 0 Å². The van der Waals surface area contributed by atoms with Crippen LogP contribution < -0.4 is 5.32 Å². The number of nitrogens with one attached hydrogen (secondary N) is 1. The van der Waals surface area contributed by atoms with E-state index < -0.39 is 0 Å². The highest BCUT2D eigenvalue weighted by Crippen LogP contribution is 2.38. The first-order valence-electron chi connectivity index (χ1n) is 8.04. The molecule has 1 saturated heterocycles. The third kappa shape index (κ3) is 3.71. The zero-order chi connectivity index (χ0) is 13.7. The molecular formula is C16H31NO2. The van der Waals surface area contributed by atoms with Crippen molar-refractivity contribution in [2.24, 2.45) is 5.92 Å². The monoisotopic (exact) mass is 269 g/mol. The molecule has 0 radical (unpaired) electrons. The summed E-state index contributed by atoms with van der Waals surface area (Å²) in [6, 6.07) is 0.462. The Morgan fingerprint density at radius 1 is 1.37 bits per heavy atom. The molecule has 1 heterocycles. The van der Waals surface area contributed by atoms with Gasteiger partial charge in [0.1, 0.15) is 0 Å². The fourth-order valence-electron chi connectivity index (χ4n) is 4.08. The van der Waals surface area contributed by atoms with Gasteiger partial charge in [0, 0.05) is 19.8 Å². The van der Waals surface area contributed by atoms with E-state index in [1.54, 1.807) is 0 Å². The van der Waals surface area contributed by atoms with E-state index in [4.69, 9.17) is 9.47 Å². The minimum Gasteiger partial charge on any atom is -0.378 e. The average Bonchev–Trinajstić information content (AvgIpc) is 2.92. The summed E-state index contributed by atoms with van der Waals surface area (Å²) in [6.07, 6.45) is 10.4. The second kappa shape index (κ2) is 7.05. The van der Waals surface area contributed by atoms with Crippen molar-refractivity contribution in [1.29, 1.82) is 0 Å². The molecule has 112 valence electrons. The summed E-state index contributed by atoms with van der Waals surface area (Å²) in [5.74, 6) is 0.785. The predicted octanol–water partition coefficient (Wildman–Crippen LogP) is 3.13. The summed E-state index contributed by atoms with van der Waals surface area (Å²) in [5.41, 5.74) is 0.0466. The third-order valence-corrected chi connectivity index (χ3v) is 5.18. The molecule has 4 atom stereocenters. The zero-order valence-electron chi connectivity index (χ0n) is 12.9. The number of hydrogen-bond acceptors (Lipinski definition) is 3. The Bertz CT molecular complexity index is 265. The predicted molar refractivity (Wildman–Crippen MR) is 78.4 cm³/mol. The first-order chi connectivity index (χ1) is 9.20. The van der Waals surface area contributed by atoms with Crippen LogP contribution in [-0.4, -0.2) is 38.5 Å². The smallest absolute Gasteiger partial charge is 0.0833 e. The van der Waals surface area contributed by atoms with Crippen molar-refractivity contribution in [3.8, 4) is 0 Å². The van der Waals surface area contributed by atoms with Crippen LogP contribution in [0, 0.1) is 5.92 Å². The first-order valence-corrected chi connectivity index (χ1v) is 8.04. The number of likely N-dealkylation sites (N-methyl/N-ethyl adjacent to an activating group) is 1. The summed E-state index contributed by atoms with van der Waals surface area (Å²) in [6.45, 7) is 3.32. The Labute approximate surface area is 118 Å². The van der Waals surface area contributed by atoms with Crippen LogP contribution in [0.3, 0.4) is 0 Å². The van der Waals surface area contributed by atoms with Crippen LogP contribution in [0.1, 0.15) is 58.3 Å². The molecule has 2 rings (SSSR count). The van der Waals surface area contributed by atoms with Crippen molar-refractivity contribution in [3.05, 3.63) is 0 Å². The summed E-state index contributed by atoms with van der Waals surface area (Å²) < 4.78 is 11.8. The standard InChI is InChI=1S/C16H31NO2/c1-13-6-4-10-16(12-13,18-3)15(17-2)9-8-14-7-5-11-19-14/h13-15,17H,4-12H2,1-3H3. The van der Waals surface area contributed by atoms with E-state index in [0.29, 0.717) is 12.1 Å². The van der Waals surface area contributed by atoms with Gasteiger partial charge in [0.25, 0.3) is 0 Å². The van der Waals surface area contributed by atoms with E-state index >= 15 is 0 Å². The van der Waals surface area contributed by atoms with Crippen molar-refractivity contribution >= 4 is 0 Å². The van der Waals surface area contributed by atoms with Crippen molar-refractivity contribution in [2.75, 3.05) is 20.8 Å². The van der Waals surface area contributed by atoms with Gasteiger partial charge in [0.15, 0.2) is 0 Å². The molecule has 1 N–H and O–H groups in total. The molecule has 0 bridgehead atoms. The van der Waals surface area contributed by atoms with Gasteiger partial charge in [-0.15, -0.1) is 0 Å². The van der Waals surface area contributed by atoms with Gasteiger partial charge in [-0.2, -0.15) is 0 Å². The lowest BCUT2D eigenvalue weighted by atomic mass is 9.73. The Balaban J connectivity index is 1.92. The highest BCUT2D eigenvalue weighted by atomic mass is 16.5. The largest absolute Gasteiger partial charge is 0.378 e. The minimum absolute atomic E-state index is 0.0466. The van der Waals surface area contributed by atoms with Gasteiger partial charge < -0.3 is 14.8 Å². The van der Waals surface area contributed by atoms with Gasteiger partial charge in [0.05, 0.1) is 11.7 Å². The second-order valence-electron chi connectivity index (χ2n) is 6.52. The van der Waals surface area contributed by atoms with Crippen LogP contribution in [0.2, 0.25) is 0 Å². The van der Waals surface area contributed by atoms with Crippen LogP contribution in [0.5, 0.6) is 0 Å². The molecule has 0 aromatic carbocycles. The molecule has 19 heavy (non-hydrogen) atoms. The van der Waals surface area contributed by atoms with Crippen molar-refractivity contribution in [3.63, 3.8) is 0 Å². The second-order valence-corrected chi connectivity index (χ2v) is 6.52. The lowest BCUT2D eigenvalue weighted by molar-refractivity contribution is -0.0815. The highest BCUT2D eigenvalue weighted by Gasteiger charge is 2.41. The fraction of sp³-hybridized carbons (Fsp3) is 1.00. The Kier molecular flexibility index (Phi) is 5.67. The first kappa shape index (κ1) is 15.3. The maximum atomic E-state index is 6.01. The topological polar surface area (TPSA) is 30.5 Å². The molecule has 4 unspecified atom stereocenters. The van der Waals surface area contributed by atoms with Gasteiger partial charge in [-0.05, 0) is 51.5 Å². The number of rotatable bonds is 6. The molecule has 0 spiro atoms. The van der Waals surface area contributed by atoms with E-state index in [1.807, 2.05) is 7.11 Å². The van der Waals surface area contributed by atoms with Crippen molar-refractivity contribution < 1.29 is 9.47 Å². The van der Waals surface area contributed by atoms with Crippen LogP contribution in [0.15, 0.2) is 0 Å². The van der Waals surface area contributed by atoms with Gasteiger partial charge in [-0.25, -0.2) is 0 Å². The molecule has 2 fully saturated rings. The van der Waals surface area contributed by atoms with Gasteiger partial charge in [0.2, 0.25) is 0 Å². The van der Waals surface area contributed by atoms with Crippen LogP contribution in [0.4, 0.5) is 0 Å². The average molecular weight is 269 g/mol. The molecule has 3 heteroatoms. The van der Waals surface area contributed by atoms with E-state index in [-0.39, 0.29) is 5.60 Å². The van der Waals surface area contributed by atoms with E-state index in [0.717, 1.165) is 12.5 Å².